The molecule has 2 rings (SSSR count). The molecular formula is C15H21F2NO2. The van der Waals surface area contributed by atoms with Gasteiger partial charge in [0, 0.05) is 25.7 Å². The summed E-state index contributed by atoms with van der Waals surface area (Å²) < 4.78 is 31.9. The van der Waals surface area contributed by atoms with E-state index in [4.69, 9.17) is 4.74 Å². The van der Waals surface area contributed by atoms with Crippen molar-refractivity contribution >= 4 is 0 Å². The molecular weight excluding hydrogens is 264 g/mol. The lowest BCUT2D eigenvalue weighted by atomic mass is 10.1. The molecule has 1 aliphatic rings. The Kier molecular flexibility index (Phi) is 5.07. The fraction of sp³-hybridized carbons (Fsp3) is 0.600. The van der Waals surface area contributed by atoms with Crippen molar-refractivity contribution in [1.82, 2.24) is 4.90 Å². The van der Waals surface area contributed by atoms with Crippen LogP contribution in [0.25, 0.3) is 0 Å². The first-order valence-corrected chi connectivity index (χ1v) is 6.96. The van der Waals surface area contributed by atoms with Gasteiger partial charge in [-0.2, -0.15) is 0 Å². The topological polar surface area (TPSA) is 32.7 Å². The van der Waals surface area contributed by atoms with Crippen LogP contribution in [0.5, 0.6) is 0 Å². The van der Waals surface area contributed by atoms with E-state index in [1.165, 1.54) is 12.1 Å². The Morgan fingerprint density at radius 2 is 1.75 bits per heavy atom. The van der Waals surface area contributed by atoms with Gasteiger partial charge < -0.3 is 9.84 Å². The molecule has 1 N–H and O–H groups in total. The Labute approximate surface area is 118 Å². The summed E-state index contributed by atoms with van der Waals surface area (Å²) in [6.07, 6.45) is -0.0684. The summed E-state index contributed by atoms with van der Waals surface area (Å²) in [6, 6.07) is 3.16. The molecule has 3 nitrogen and oxygen atoms in total. The van der Waals surface area contributed by atoms with E-state index in [1.54, 1.807) is 0 Å². The average molecular weight is 285 g/mol. The van der Waals surface area contributed by atoms with Crippen LogP contribution in [0.15, 0.2) is 18.2 Å². The second-order valence-electron chi connectivity index (χ2n) is 5.52. The van der Waals surface area contributed by atoms with Crippen molar-refractivity contribution in [3.63, 3.8) is 0 Å². The smallest absolute Gasteiger partial charge is 0.126 e. The lowest BCUT2D eigenvalue weighted by Crippen LogP contribution is -2.45. The number of morpholine rings is 1. The number of benzene rings is 1. The molecule has 1 unspecified atom stereocenters. The zero-order valence-corrected chi connectivity index (χ0v) is 11.9. The fourth-order valence-electron chi connectivity index (χ4n) is 2.71. The van der Waals surface area contributed by atoms with E-state index in [1.807, 2.05) is 13.8 Å². The van der Waals surface area contributed by atoms with Gasteiger partial charge in [0.15, 0.2) is 0 Å². The summed E-state index contributed by atoms with van der Waals surface area (Å²) in [4.78, 5) is 2.21. The maximum absolute atomic E-state index is 13.1. The number of rotatable bonds is 4. The van der Waals surface area contributed by atoms with Crippen LogP contribution in [0.1, 0.15) is 31.9 Å². The van der Waals surface area contributed by atoms with Gasteiger partial charge in [0.2, 0.25) is 0 Å². The molecule has 112 valence electrons. The summed E-state index contributed by atoms with van der Waals surface area (Å²) in [5.74, 6) is -1.32. The van der Waals surface area contributed by atoms with Crippen LogP contribution in [0.3, 0.4) is 0 Å². The average Bonchev–Trinajstić information content (AvgIpc) is 2.33. The SMILES string of the molecule is C[C@@H]1CN(CCC(O)c2cc(F)cc(F)c2)C[C@H](C)O1. The number of aliphatic hydroxyl groups is 1. The van der Waals surface area contributed by atoms with Crippen LogP contribution in [-0.2, 0) is 4.74 Å². The number of ether oxygens (including phenoxy) is 1. The Hall–Kier alpha value is -1.04. The summed E-state index contributed by atoms with van der Waals surface area (Å²) in [7, 11) is 0. The van der Waals surface area contributed by atoms with Crippen LogP contribution in [0, 0.1) is 11.6 Å². The van der Waals surface area contributed by atoms with E-state index in [0.29, 0.717) is 13.0 Å². The van der Waals surface area contributed by atoms with Gasteiger partial charge in [-0.3, -0.25) is 4.90 Å². The molecule has 1 heterocycles. The molecule has 0 amide bonds. The third kappa shape index (κ3) is 4.23. The molecule has 0 bridgehead atoms. The maximum atomic E-state index is 13.1. The highest BCUT2D eigenvalue weighted by atomic mass is 19.1. The van der Waals surface area contributed by atoms with Crippen LogP contribution >= 0.6 is 0 Å². The molecule has 0 spiro atoms. The lowest BCUT2D eigenvalue weighted by molar-refractivity contribution is -0.0702. The Bertz CT molecular complexity index is 425. The molecule has 0 aliphatic carbocycles. The standard InChI is InChI=1S/C15H21F2NO2/c1-10-8-18(9-11(2)20-10)4-3-15(19)12-5-13(16)7-14(17)6-12/h5-7,10-11,15,19H,3-4,8-9H2,1-2H3/t10-,11+,15?. The monoisotopic (exact) mass is 285 g/mol. The first kappa shape index (κ1) is 15.4. The van der Waals surface area contributed by atoms with Crippen LogP contribution in [0.2, 0.25) is 0 Å². The minimum absolute atomic E-state index is 0.169. The van der Waals surface area contributed by atoms with Gasteiger partial charge in [-0.1, -0.05) is 0 Å². The molecule has 1 aromatic carbocycles. The quantitative estimate of drug-likeness (QED) is 0.922. The predicted molar refractivity (Wildman–Crippen MR) is 72.4 cm³/mol. The molecule has 1 saturated heterocycles. The van der Waals surface area contributed by atoms with Crippen molar-refractivity contribution < 1.29 is 18.6 Å². The number of hydrogen-bond acceptors (Lipinski definition) is 3. The highest BCUT2D eigenvalue weighted by molar-refractivity contribution is 5.20. The van der Waals surface area contributed by atoms with Crippen molar-refractivity contribution in [2.75, 3.05) is 19.6 Å². The van der Waals surface area contributed by atoms with E-state index in [2.05, 4.69) is 4.90 Å². The molecule has 0 saturated carbocycles. The molecule has 20 heavy (non-hydrogen) atoms. The third-order valence-corrected chi connectivity index (χ3v) is 3.48. The van der Waals surface area contributed by atoms with Crippen LogP contribution < -0.4 is 0 Å². The summed E-state index contributed by atoms with van der Waals surface area (Å²) >= 11 is 0. The van der Waals surface area contributed by atoms with E-state index in [-0.39, 0.29) is 17.8 Å². The summed E-state index contributed by atoms with van der Waals surface area (Å²) in [5, 5.41) is 10.0. The van der Waals surface area contributed by atoms with E-state index in [9.17, 15) is 13.9 Å². The highest BCUT2D eigenvalue weighted by Crippen LogP contribution is 2.20. The maximum Gasteiger partial charge on any atom is 0.126 e. The van der Waals surface area contributed by atoms with Gasteiger partial charge in [0.1, 0.15) is 11.6 Å². The number of aliphatic hydroxyl groups excluding tert-OH is 1. The van der Waals surface area contributed by atoms with Gasteiger partial charge in [0.25, 0.3) is 0 Å². The number of hydrogen-bond donors (Lipinski definition) is 1. The second-order valence-corrected chi connectivity index (χ2v) is 5.52. The van der Waals surface area contributed by atoms with E-state index >= 15 is 0 Å². The van der Waals surface area contributed by atoms with Crippen LogP contribution in [0.4, 0.5) is 8.78 Å². The lowest BCUT2D eigenvalue weighted by Gasteiger charge is -2.35. The van der Waals surface area contributed by atoms with Gasteiger partial charge in [0.05, 0.1) is 18.3 Å². The molecule has 0 aromatic heterocycles. The number of halogens is 2. The first-order chi connectivity index (χ1) is 9.44. The van der Waals surface area contributed by atoms with Gasteiger partial charge >= 0.3 is 0 Å². The van der Waals surface area contributed by atoms with Crippen molar-refractivity contribution in [1.29, 1.82) is 0 Å². The Balaban J connectivity index is 1.89. The summed E-state index contributed by atoms with van der Waals surface area (Å²) in [6.45, 7) is 6.34. The Morgan fingerprint density at radius 3 is 2.30 bits per heavy atom. The third-order valence-electron chi connectivity index (χ3n) is 3.48. The minimum atomic E-state index is -0.853. The summed E-state index contributed by atoms with van der Waals surface area (Å²) in [5.41, 5.74) is 0.289. The zero-order valence-electron chi connectivity index (χ0n) is 11.9. The highest BCUT2D eigenvalue weighted by Gasteiger charge is 2.22. The molecule has 3 atom stereocenters. The van der Waals surface area contributed by atoms with E-state index < -0.39 is 17.7 Å². The van der Waals surface area contributed by atoms with Gasteiger partial charge in [-0.15, -0.1) is 0 Å². The molecule has 1 aliphatic heterocycles. The van der Waals surface area contributed by atoms with Crippen molar-refractivity contribution in [3.8, 4) is 0 Å². The van der Waals surface area contributed by atoms with Crippen molar-refractivity contribution in [3.05, 3.63) is 35.4 Å². The van der Waals surface area contributed by atoms with Crippen molar-refractivity contribution in [2.45, 2.75) is 38.6 Å². The Morgan fingerprint density at radius 1 is 1.20 bits per heavy atom. The molecule has 1 fully saturated rings. The van der Waals surface area contributed by atoms with Crippen LogP contribution in [-0.4, -0.2) is 41.8 Å². The minimum Gasteiger partial charge on any atom is -0.388 e. The van der Waals surface area contributed by atoms with Gasteiger partial charge in [-0.25, -0.2) is 8.78 Å². The van der Waals surface area contributed by atoms with E-state index in [0.717, 1.165) is 19.2 Å². The predicted octanol–water partition coefficient (Wildman–Crippen LogP) is 2.50. The molecule has 1 aromatic rings. The largest absolute Gasteiger partial charge is 0.388 e. The van der Waals surface area contributed by atoms with Gasteiger partial charge in [-0.05, 0) is 38.0 Å². The van der Waals surface area contributed by atoms with Crippen molar-refractivity contribution in [2.24, 2.45) is 0 Å². The number of nitrogens with zero attached hydrogens (tertiary/aromatic N) is 1. The molecule has 5 heteroatoms. The zero-order chi connectivity index (χ0) is 14.7. The normalized spacial score (nSPS) is 25.6. The molecule has 0 radical (unpaired) electrons. The second kappa shape index (κ2) is 6.61. The fourth-order valence-corrected chi connectivity index (χ4v) is 2.71. The first-order valence-electron chi connectivity index (χ1n) is 6.96.